The van der Waals surface area contributed by atoms with Gasteiger partial charge in [-0.3, -0.25) is 4.90 Å². The molecule has 0 saturated heterocycles. The van der Waals surface area contributed by atoms with E-state index in [1.165, 1.54) is 19.3 Å². The number of hydrogen-bond acceptors (Lipinski definition) is 3. The van der Waals surface area contributed by atoms with Gasteiger partial charge in [-0.15, -0.1) is 0 Å². The molecule has 1 saturated carbocycles. The normalized spacial score (nSPS) is 16.4. The topological polar surface area (TPSA) is 41.3 Å². The third kappa shape index (κ3) is 3.07. The summed E-state index contributed by atoms with van der Waals surface area (Å²) in [7, 11) is 0. The first-order chi connectivity index (χ1) is 8.35. The van der Waals surface area contributed by atoms with Crippen LogP contribution < -0.4 is 0 Å². The molecule has 1 aromatic rings. The highest BCUT2D eigenvalue weighted by Crippen LogP contribution is 2.26. The van der Waals surface area contributed by atoms with Crippen LogP contribution in [-0.4, -0.2) is 38.8 Å². The smallest absolute Gasteiger partial charge is 0.122 e. The molecule has 0 spiro atoms. The summed E-state index contributed by atoms with van der Waals surface area (Å²) in [5, 5.41) is 8.97. The molecule has 1 fully saturated rings. The molecule has 0 aromatic carbocycles. The van der Waals surface area contributed by atoms with Crippen molar-refractivity contribution in [2.45, 2.75) is 51.7 Å². The summed E-state index contributed by atoms with van der Waals surface area (Å²) in [6.07, 6.45) is 8.74. The number of aliphatic hydroxyl groups is 1. The molecule has 2 rings (SSSR count). The maximum Gasteiger partial charge on any atom is 0.122 e. The van der Waals surface area contributed by atoms with Gasteiger partial charge in [-0.25, -0.2) is 4.98 Å². The Balaban J connectivity index is 1.95. The van der Waals surface area contributed by atoms with Crippen molar-refractivity contribution in [1.29, 1.82) is 0 Å². The molecule has 1 aliphatic rings. The number of aryl methyl sites for hydroxylation is 1. The van der Waals surface area contributed by atoms with E-state index in [2.05, 4.69) is 21.4 Å². The van der Waals surface area contributed by atoms with Crippen molar-refractivity contribution >= 4 is 0 Å². The second-order valence-electron chi connectivity index (χ2n) is 4.76. The lowest BCUT2D eigenvalue weighted by atomic mass is 9.91. The summed E-state index contributed by atoms with van der Waals surface area (Å²) >= 11 is 0. The SMILES string of the molecule is CCn1ccnc1CN(CCCO)C1CCC1. The first kappa shape index (κ1) is 12.6. The maximum absolute atomic E-state index is 8.97. The lowest BCUT2D eigenvalue weighted by molar-refractivity contribution is 0.105. The van der Waals surface area contributed by atoms with Gasteiger partial charge >= 0.3 is 0 Å². The highest BCUT2D eigenvalue weighted by atomic mass is 16.3. The van der Waals surface area contributed by atoms with Crippen LogP contribution in [0.3, 0.4) is 0 Å². The van der Waals surface area contributed by atoms with Gasteiger partial charge in [-0.1, -0.05) is 6.42 Å². The Morgan fingerprint density at radius 1 is 1.53 bits per heavy atom. The van der Waals surface area contributed by atoms with Crippen LogP contribution in [0.4, 0.5) is 0 Å². The Bertz CT molecular complexity index is 333. The molecule has 0 atom stereocenters. The standard InChI is InChI=1S/C13H23N3O/c1-2-15-9-7-14-13(15)11-16(8-4-10-17)12-5-3-6-12/h7,9,12,17H,2-6,8,10-11H2,1H3. The van der Waals surface area contributed by atoms with Crippen LogP contribution in [0, 0.1) is 0 Å². The van der Waals surface area contributed by atoms with Crippen LogP contribution in [0.5, 0.6) is 0 Å². The first-order valence-electron chi connectivity index (χ1n) is 6.70. The molecule has 0 amide bonds. The van der Waals surface area contributed by atoms with E-state index >= 15 is 0 Å². The van der Waals surface area contributed by atoms with Gasteiger partial charge in [-0.2, -0.15) is 0 Å². The van der Waals surface area contributed by atoms with Gasteiger partial charge < -0.3 is 9.67 Å². The number of aliphatic hydroxyl groups excluding tert-OH is 1. The van der Waals surface area contributed by atoms with Crippen LogP contribution in [0.1, 0.15) is 38.4 Å². The van der Waals surface area contributed by atoms with E-state index < -0.39 is 0 Å². The summed E-state index contributed by atoms with van der Waals surface area (Å²) in [5.41, 5.74) is 0. The molecule has 0 radical (unpaired) electrons. The first-order valence-corrected chi connectivity index (χ1v) is 6.70. The fourth-order valence-corrected chi connectivity index (χ4v) is 2.38. The fraction of sp³-hybridized carbons (Fsp3) is 0.769. The minimum Gasteiger partial charge on any atom is -0.396 e. The molecule has 96 valence electrons. The molecule has 1 aromatic heterocycles. The van der Waals surface area contributed by atoms with Crippen LogP contribution in [-0.2, 0) is 13.1 Å². The maximum atomic E-state index is 8.97. The molecule has 0 unspecified atom stereocenters. The molecule has 1 heterocycles. The van der Waals surface area contributed by atoms with Crippen molar-refractivity contribution in [2.24, 2.45) is 0 Å². The zero-order valence-electron chi connectivity index (χ0n) is 10.7. The summed E-state index contributed by atoms with van der Waals surface area (Å²) < 4.78 is 2.20. The van der Waals surface area contributed by atoms with Gasteiger partial charge in [0.1, 0.15) is 5.82 Å². The predicted molar refractivity (Wildman–Crippen MR) is 67.7 cm³/mol. The number of rotatable bonds is 7. The Morgan fingerprint density at radius 3 is 2.94 bits per heavy atom. The molecular formula is C13H23N3O. The minimum absolute atomic E-state index is 0.283. The van der Waals surface area contributed by atoms with Gasteiger partial charge in [0.25, 0.3) is 0 Å². The van der Waals surface area contributed by atoms with Crippen molar-refractivity contribution in [1.82, 2.24) is 14.5 Å². The largest absolute Gasteiger partial charge is 0.396 e. The van der Waals surface area contributed by atoms with Gasteiger partial charge in [0.05, 0.1) is 6.54 Å². The van der Waals surface area contributed by atoms with E-state index in [4.69, 9.17) is 5.11 Å². The van der Waals surface area contributed by atoms with Gasteiger partial charge in [0.2, 0.25) is 0 Å². The van der Waals surface area contributed by atoms with Gasteiger partial charge in [0, 0.05) is 38.1 Å². The van der Waals surface area contributed by atoms with Crippen molar-refractivity contribution in [3.8, 4) is 0 Å². The summed E-state index contributed by atoms with van der Waals surface area (Å²) in [6.45, 7) is 5.31. The summed E-state index contributed by atoms with van der Waals surface area (Å²) in [4.78, 5) is 6.91. The Morgan fingerprint density at radius 2 is 2.35 bits per heavy atom. The van der Waals surface area contributed by atoms with Crippen molar-refractivity contribution in [3.63, 3.8) is 0 Å². The van der Waals surface area contributed by atoms with E-state index in [1.54, 1.807) is 0 Å². The molecule has 1 N–H and O–H groups in total. The van der Waals surface area contributed by atoms with Crippen molar-refractivity contribution in [2.75, 3.05) is 13.2 Å². The molecular weight excluding hydrogens is 214 g/mol. The van der Waals surface area contributed by atoms with E-state index in [0.717, 1.165) is 31.9 Å². The molecule has 17 heavy (non-hydrogen) atoms. The highest BCUT2D eigenvalue weighted by Gasteiger charge is 2.25. The predicted octanol–water partition coefficient (Wildman–Crippen LogP) is 1.64. The van der Waals surface area contributed by atoms with Crippen molar-refractivity contribution < 1.29 is 5.11 Å². The highest BCUT2D eigenvalue weighted by molar-refractivity contribution is 4.94. The van der Waals surface area contributed by atoms with Crippen LogP contribution in [0.15, 0.2) is 12.4 Å². The number of nitrogens with zero attached hydrogens (tertiary/aromatic N) is 3. The molecule has 4 nitrogen and oxygen atoms in total. The van der Waals surface area contributed by atoms with Crippen LogP contribution >= 0.6 is 0 Å². The third-order valence-corrected chi connectivity index (χ3v) is 3.68. The lowest BCUT2D eigenvalue weighted by Crippen LogP contribution is -2.41. The van der Waals surface area contributed by atoms with Crippen LogP contribution in [0.25, 0.3) is 0 Å². The van der Waals surface area contributed by atoms with E-state index in [9.17, 15) is 0 Å². The molecule has 0 aliphatic heterocycles. The number of aromatic nitrogens is 2. The monoisotopic (exact) mass is 237 g/mol. The minimum atomic E-state index is 0.283. The Hall–Kier alpha value is -0.870. The average Bonchev–Trinajstić information content (AvgIpc) is 2.70. The van der Waals surface area contributed by atoms with Gasteiger partial charge in [-0.05, 0) is 26.2 Å². The quantitative estimate of drug-likeness (QED) is 0.784. The summed E-state index contributed by atoms with van der Waals surface area (Å²) in [5.74, 6) is 1.15. The van der Waals surface area contributed by atoms with E-state index in [1.807, 2.05) is 12.4 Å². The molecule has 4 heteroatoms. The van der Waals surface area contributed by atoms with Gasteiger partial charge in [0.15, 0.2) is 0 Å². The van der Waals surface area contributed by atoms with E-state index in [0.29, 0.717) is 6.04 Å². The zero-order valence-corrected chi connectivity index (χ0v) is 10.7. The fourth-order valence-electron chi connectivity index (χ4n) is 2.38. The Kier molecular flexibility index (Phi) is 4.57. The van der Waals surface area contributed by atoms with Crippen LogP contribution in [0.2, 0.25) is 0 Å². The van der Waals surface area contributed by atoms with E-state index in [-0.39, 0.29) is 6.61 Å². The number of imidazole rings is 1. The molecule has 0 bridgehead atoms. The lowest BCUT2D eigenvalue weighted by Gasteiger charge is -2.37. The Labute approximate surface area is 103 Å². The second-order valence-corrected chi connectivity index (χ2v) is 4.76. The average molecular weight is 237 g/mol. The van der Waals surface area contributed by atoms with Crippen molar-refractivity contribution in [3.05, 3.63) is 18.2 Å². The summed E-state index contributed by atoms with van der Waals surface area (Å²) in [6, 6.07) is 0.712. The number of hydrogen-bond donors (Lipinski definition) is 1. The third-order valence-electron chi connectivity index (χ3n) is 3.68. The molecule has 1 aliphatic carbocycles. The zero-order chi connectivity index (χ0) is 12.1. The second kappa shape index (κ2) is 6.17.